The topological polar surface area (TPSA) is 24.9 Å². The second kappa shape index (κ2) is 14.8. The van der Waals surface area contributed by atoms with Crippen LogP contribution < -0.4 is 0 Å². The Hall–Kier alpha value is -0.160. The quantitative estimate of drug-likeness (QED) is 0.387. The number of nitrogens with zero attached hydrogens (tertiary/aromatic N) is 2. The molecule has 0 saturated carbocycles. The third-order valence-electron chi connectivity index (χ3n) is 6.42. The highest BCUT2D eigenvalue weighted by Crippen LogP contribution is 2.23. The molecule has 4 heteroatoms. The van der Waals surface area contributed by atoms with Gasteiger partial charge in [0.1, 0.15) is 0 Å². The molecule has 0 aromatic carbocycles. The van der Waals surface area contributed by atoms with E-state index in [4.69, 9.17) is 9.47 Å². The van der Waals surface area contributed by atoms with Crippen LogP contribution in [0.5, 0.6) is 0 Å². The lowest BCUT2D eigenvalue weighted by Gasteiger charge is -2.32. The Kier molecular flexibility index (Phi) is 12.7. The Morgan fingerprint density at radius 2 is 1.59 bits per heavy atom. The van der Waals surface area contributed by atoms with Gasteiger partial charge < -0.3 is 19.3 Å². The zero-order valence-electron chi connectivity index (χ0n) is 18.3. The minimum Gasteiger partial charge on any atom is -0.382 e. The van der Waals surface area contributed by atoms with Crippen molar-refractivity contribution in [2.45, 2.75) is 84.1 Å². The number of piperidine rings is 1. The largest absolute Gasteiger partial charge is 0.382 e. The molecule has 0 aliphatic carbocycles. The van der Waals surface area contributed by atoms with Crippen molar-refractivity contribution in [2.75, 3.05) is 59.2 Å². The van der Waals surface area contributed by atoms with Crippen molar-refractivity contribution in [1.29, 1.82) is 0 Å². The number of rotatable bonds is 15. The van der Waals surface area contributed by atoms with E-state index in [1.54, 1.807) is 0 Å². The molecule has 160 valence electrons. The average molecular weight is 383 g/mol. The minimum absolute atomic E-state index is 0.786. The van der Waals surface area contributed by atoms with Gasteiger partial charge in [0.05, 0.1) is 0 Å². The molecule has 4 nitrogen and oxygen atoms in total. The molecular formula is C23H46N2O2. The molecule has 2 saturated heterocycles. The highest BCUT2D eigenvalue weighted by Gasteiger charge is 2.23. The Morgan fingerprint density at radius 3 is 2.37 bits per heavy atom. The van der Waals surface area contributed by atoms with Gasteiger partial charge in [0, 0.05) is 32.5 Å². The van der Waals surface area contributed by atoms with Crippen LogP contribution in [0.2, 0.25) is 0 Å². The van der Waals surface area contributed by atoms with Crippen molar-refractivity contribution >= 4 is 0 Å². The van der Waals surface area contributed by atoms with Crippen molar-refractivity contribution in [2.24, 2.45) is 5.92 Å². The summed E-state index contributed by atoms with van der Waals surface area (Å²) in [5, 5.41) is 0. The van der Waals surface area contributed by atoms with Crippen LogP contribution in [0.25, 0.3) is 0 Å². The van der Waals surface area contributed by atoms with Gasteiger partial charge in [-0.3, -0.25) is 0 Å². The molecule has 1 atom stereocenters. The fourth-order valence-electron chi connectivity index (χ4n) is 4.75. The SMILES string of the molecule is CCCOCCCC1CCN(CCCCN2CCCC2CCOCC)CC1. The number of hydrogen-bond donors (Lipinski definition) is 0. The summed E-state index contributed by atoms with van der Waals surface area (Å²) in [4.78, 5) is 5.44. The van der Waals surface area contributed by atoms with Gasteiger partial charge in [0.15, 0.2) is 0 Å². The Labute approximate surface area is 169 Å². The van der Waals surface area contributed by atoms with Gasteiger partial charge in [0.2, 0.25) is 0 Å². The lowest BCUT2D eigenvalue weighted by atomic mass is 9.92. The van der Waals surface area contributed by atoms with Crippen LogP contribution in [0.4, 0.5) is 0 Å². The molecular weight excluding hydrogens is 336 g/mol. The third kappa shape index (κ3) is 9.74. The predicted octanol–water partition coefficient (Wildman–Crippen LogP) is 4.58. The second-order valence-corrected chi connectivity index (χ2v) is 8.56. The van der Waals surface area contributed by atoms with E-state index in [2.05, 4.69) is 23.6 Å². The fourth-order valence-corrected chi connectivity index (χ4v) is 4.75. The van der Waals surface area contributed by atoms with E-state index in [1.807, 2.05) is 0 Å². The molecule has 0 N–H and O–H groups in total. The maximum atomic E-state index is 5.62. The third-order valence-corrected chi connectivity index (χ3v) is 6.42. The van der Waals surface area contributed by atoms with Gasteiger partial charge >= 0.3 is 0 Å². The standard InChI is InChI=1S/C23H46N2O2/c1-3-19-27-20-8-9-22-11-17-24(18-12-22)14-5-6-15-25-16-7-10-23(25)13-21-26-4-2/h22-23H,3-21H2,1-2H3. The summed E-state index contributed by atoms with van der Waals surface area (Å²) in [6.45, 7) is 14.5. The fraction of sp³-hybridized carbons (Fsp3) is 1.00. The number of likely N-dealkylation sites (tertiary alicyclic amines) is 2. The zero-order chi connectivity index (χ0) is 19.2. The molecule has 0 aromatic heterocycles. The van der Waals surface area contributed by atoms with Crippen molar-refractivity contribution in [3.8, 4) is 0 Å². The van der Waals surface area contributed by atoms with E-state index in [0.717, 1.165) is 44.8 Å². The summed E-state index contributed by atoms with van der Waals surface area (Å²) in [6.07, 6.45) is 13.3. The molecule has 2 heterocycles. The minimum atomic E-state index is 0.786. The summed E-state index contributed by atoms with van der Waals surface area (Å²) < 4.78 is 11.2. The van der Waals surface area contributed by atoms with Crippen molar-refractivity contribution in [3.63, 3.8) is 0 Å². The lowest BCUT2D eigenvalue weighted by molar-refractivity contribution is 0.115. The second-order valence-electron chi connectivity index (χ2n) is 8.56. The van der Waals surface area contributed by atoms with Crippen LogP contribution in [0.15, 0.2) is 0 Å². The summed E-state index contributed by atoms with van der Waals surface area (Å²) in [7, 11) is 0. The first-order chi connectivity index (χ1) is 13.3. The molecule has 27 heavy (non-hydrogen) atoms. The van der Waals surface area contributed by atoms with Gasteiger partial charge in [-0.15, -0.1) is 0 Å². The van der Waals surface area contributed by atoms with E-state index in [0.29, 0.717) is 0 Å². The average Bonchev–Trinajstić information content (AvgIpc) is 3.14. The van der Waals surface area contributed by atoms with E-state index in [-0.39, 0.29) is 0 Å². The summed E-state index contributed by atoms with van der Waals surface area (Å²) >= 11 is 0. The molecule has 2 fully saturated rings. The summed E-state index contributed by atoms with van der Waals surface area (Å²) in [6, 6.07) is 0.786. The molecule has 2 rings (SSSR count). The van der Waals surface area contributed by atoms with Gasteiger partial charge in [0.25, 0.3) is 0 Å². The number of unbranched alkanes of at least 4 members (excludes halogenated alkanes) is 1. The Bertz CT molecular complexity index is 345. The van der Waals surface area contributed by atoms with Crippen LogP contribution in [0, 0.1) is 5.92 Å². The number of hydrogen-bond acceptors (Lipinski definition) is 4. The molecule has 0 spiro atoms. The van der Waals surface area contributed by atoms with Gasteiger partial charge in [-0.1, -0.05) is 6.92 Å². The smallest absolute Gasteiger partial charge is 0.0480 e. The molecule has 2 aliphatic rings. The molecule has 0 aromatic rings. The normalized spacial score (nSPS) is 22.7. The Morgan fingerprint density at radius 1 is 0.778 bits per heavy atom. The van der Waals surface area contributed by atoms with Gasteiger partial charge in [-0.25, -0.2) is 0 Å². The van der Waals surface area contributed by atoms with Crippen LogP contribution in [0.1, 0.15) is 78.1 Å². The predicted molar refractivity (Wildman–Crippen MR) is 114 cm³/mol. The molecule has 1 unspecified atom stereocenters. The van der Waals surface area contributed by atoms with Crippen molar-refractivity contribution < 1.29 is 9.47 Å². The van der Waals surface area contributed by atoms with E-state index >= 15 is 0 Å². The highest BCUT2D eigenvalue weighted by molar-refractivity contribution is 4.79. The van der Waals surface area contributed by atoms with E-state index < -0.39 is 0 Å². The van der Waals surface area contributed by atoms with Crippen LogP contribution in [-0.2, 0) is 9.47 Å². The molecule has 2 aliphatic heterocycles. The maximum Gasteiger partial charge on any atom is 0.0480 e. The first-order valence-corrected chi connectivity index (χ1v) is 11.9. The van der Waals surface area contributed by atoms with Crippen molar-refractivity contribution in [1.82, 2.24) is 9.80 Å². The molecule has 0 amide bonds. The first kappa shape index (κ1) is 23.1. The lowest BCUT2D eigenvalue weighted by Crippen LogP contribution is -2.35. The highest BCUT2D eigenvalue weighted by atomic mass is 16.5. The Balaban J connectivity index is 1.46. The van der Waals surface area contributed by atoms with E-state index in [9.17, 15) is 0 Å². The zero-order valence-corrected chi connectivity index (χ0v) is 18.3. The van der Waals surface area contributed by atoms with E-state index in [1.165, 1.54) is 90.5 Å². The summed E-state index contributed by atoms with van der Waals surface area (Å²) in [5.41, 5.74) is 0. The first-order valence-electron chi connectivity index (χ1n) is 11.9. The monoisotopic (exact) mass is 382 g/mol. The number of ether oxygens (including phenoxy) is 2. The van der Waals surface area contributed by atoms with Gasteiger partial charge in [-0.05, 0) is 110 Å². The maximum absolute atomic E-state index is 5.62. The van der Waals surface area contributed by atoms with Crippen LogP contribution in [0.3, 0.4) is 0 Å². The van der Waals surface area contributed by atoms with Crippen molar-refractivity contribution in [3.05, 3.63) is 0 Å². The summed E-state index contributed by atoms with van der Waals surface area (Å²) in [5.74, 6) is 0.946. The van der Waals surface area contributed by atoms with Gasteiger partial charge in [-0.2, -0.15) is 0 Å². The molecule has 0 bridgehead atoms. The van der Waals surface area contributed by atoms with Crippen LogP contribution in [-0.4, -0.2) is 75.0 Å². The van der Waals surface area contributed by atoms with Crippen LogP contribution >= 0.6 is 0 Å². The molecule has 0 radical (unpaired) electrons.